The van der Waals surface area contributed by atoms with E-state index in [2.05, 4.69) is 10.1 Å². The van der Waals surface area contributed by atoms with Crippen molar-refractivity contribution in [2.45, 2.75) is 33.0 Å². The Morgan fingerprint density at radius 2 is 2.00 bits per heavy atom. The van der Waals surface area contributed by atoms with Crippen LogP contribution >= 0.6 is 0 Å². The number of hydrogen-bond donors (Lipinski definition) is 2. The Hall–Kier alpha value is -1.69. The summed E-state index contributed by atoms with van der Waals surface area (Å²) in [5.74, 6) is -0.818. The Labute approximate surface area is 116 Å². The first kappa shape index (κ1) is 16.4. The van der Waals surface area contributed by atoms with Gasteiger partial charge in [-0.05, 0) is 25.0 Å². The Balaban J connectivity index is 2.78. The summed E-state index contributed by atoms with van der Waals surface area (Å²) in [5.41, 5.74) is -1.07. The summed E-state index contributed by atoms with van der Waals surface area (Å²) >= 11 is 0. The number of rotatable bonds is 6. The molecule has 1 unspecified atom stereocenters. The number of amides is 1. The third-order valence-corrected chi connectivity index (χ3v) is 3.20. The van der Waals surface area contributed by atoms with E-state index in [4.69, 9.17) is 0 Å². The molecule has 0 radical (unpaired) electrons. The molecule has 112 valence electrons. The molecule has 0 aromatic heterocycles. The number of carbonyl (C=O) groups is 1. The van der Waals surface area contributed by atoms with Gasteiger partial charge in [0.05, 0.1) is 11.2 Å². The third kappa shape index (κ3) is 4.45. The van der Waals surface area contributed by atoms with E-state index in [0.717, 1.165) is 0 Å². The molecule has 0 saturated heterocycles. The minimum Gasteiger partial charge on any atom is -0.434 e. The Morgan fingerprint density at radius 3 is 2.55 bits per heavy atom. The van der Waals surface area contributed by atoms with Crippen LogP contribution in [0.15, 0.2) is 24.3 Å². The molecule has 0 aliphatic rings. The first-order chi connectivity index (χ1) is 9.24. The summed E-state index contributed by atoms with van der Waals surface area (Å²) in [7, 11) is 0. The summed E-state index contributed by atoms with van der Waals surface area (Å²) < 4.78 is 28.8. The lowest BCUT2D eigenvalue weighted by molar-refractivity contribution is -0.0502. The van der Waals surface area contributed by atoms with Crippen LogP contribution in [-0.4, -0.2) is 29.8 Å². The maximum Gasteiger partial charge on any atom is 0.387 e. The van der Waals surface area contributed by atoms with Gasteiger partial charge in [0.15, 0.2) is 0 Å². The van der Waals surface area contributed by atoms with Gasteiger partial charge >= 0.3 is 6.61 Å². The SMILES string of the molecule is CC(C)C(C)(O)CNC(=O)c1ccccc1OC(F)F. The minimum absolute atomic E-state index is 0.00681. The molecule has 0 fully saturated rings. The molecule has 0 heterocycles. The predicted octanol–water partition coefficient (Wildman–Crippen LogP) is 2.42. The van der Waals surface area contributed by atoms with Crippen molar-refractivity contribution in [1.82, 2.24) is 5.32 Å². The normalized spacial score (nSPS) is 14.2. The third-order valence-electron chi connectivity index (χ3n) is 3.20. The fraction of sp³-hybridized carbons (Fsp3) is 0.500. The molecule has 1 amide bonds. The second-order valence-corrected chi connectivity index (χ2v) is 5.07. The van der Waals surface area contributed by atoms with E-state index < -0.39 is 18.1 Å². The highest BCUT2D eigenvalue weighted by molar-refractivity contribution is 5.96. The van der Waals surface area contributed by atoms with Crippen LogP contribution in [-0.2, 0) is 0 Å². The molecule has 0 saturated carbocycles. The zero-order valence-corrected chi connectivity index (χ0v) is 11.7. The zero-order valence-electron chi connectivity index (χ0n) is 11.7. The van der Waals surface area contributed by atoms with Crippen molar-refractivity contribution in [3.8, 4) is 5.75 Å². The van der Waals surface area contributed by atoms with Crippen LogP contribution in [0.25, 0.3) is 0 Å². The van der Waals surface area contributed by atoms with E-state index in [-0.39, 0.29) is 23.8 Å². The quantitative estimate of drug-likeness (QED) is 0.845. The van der Waals surface area contributed by atoms with Gasteiger partial charge in [0.1, 0.15) is 5.75 Å². The van der Waals surface area contributed by atoms with Crippen LogP contribution in [0.5, 0.6) is 5.75 Å². The van der Waals surface area contributed by atoms with Crippen molar-refractivity contribution in [3.63, 3.8) is 0 Å². The van der Waals surface area contributed by atoms with Crippen LogP contribution in [0.2, 0.25) is 0 Å². The highest BCUT2D eigenvalue weighted by Gasteiger charge is 2.26. The summed E-state index contributed by atoms with van der Waals surface area (Å²) in [5, 5.41) is 12.6. The van der Waals surface area contributed by atoms with E-state index in [1.807, 2.05) is 13.8 Å². The number of ether oxygens (including phenoxy) is 1. The average molecular weight is 287 g/mol. The van der Waals surface area contributed by atoms with Crippen LogP contribution in [0.3, 0.4) is 0 Å². The number of para-hydroxylation sites is 1. The number of carbonyl (C=O) groups excluding carboxylic acids is 1. The van der Waals surface area contributed by atoms with E-state index in [9.17, 15) is 18.7 Å². The number of nitrogens with one attached hydrogen (secondary N) is 1. The topological polar surface area (TPSA) is 58.6 Å². The van der Waals surface area contributed by atoms with Gasteiger partial charge in [0.25, 0.3) is 5.91 Å². The van der Waals surface area contributed by atoms with Gasteiger partial charge in [-0.25, -0.2) is 0 Å². The first-order valence-electron chi connectivity index (χ1n) is 6.28. The summed E-state index contributed by atoms with van der Waals surface area (Å²) in [6.45, 7) is 2.26. The molecule has 2 N–H and O–H groups in total. The van der Waals surface area contributed by atoms with Crippen LogP contribution in [0.1, 0.15) is 31.1 Å². The van der Waals surface area contributed by atoms with Gasteiger partial charge in [-0.1, -0.05) is 26.0 Å². The fourth-order valence-corrected chi connectivity index (χ4v) is 1.41. The van der Waals surface area contributed by atoms with Crippen LogP contribution < -0.4 is 10.1 Å². The van der Waals surface area contributed by atoms with Crippen molar-refractivity contribution in [1.29, 1.82) is 0 Å². The molecule has 1 rings (SSSR count). The Bertz CT molecular complexity index is 461. The van der Waals surface area contributed by atoms with Crippen LogP contribution in [0.4, 0.5) is 8.78 Å². The molecule has 0 aliphatic heterocycles. The summed E-state index contributed by atoms with van der Waals surface area (Å²) in [6, 6.07) is 5.73. The van der Waals surface area contributed by atoms with Gasteiger partial charge < -0.3 is 15.2 Å². The molecule has 0 bridgehead atoms. The number of benzene rings is 1. The van der Waals surface area contributed by atoms with E-state index in [0.29, 0.717) is 0 Å². The highest BCUT2D eigenvalue weighted by atomic mass is 19.3. The molecular weight excluding hydrogens is 268 g/mol. The molecule has 20 heavy (non-hydrogen) atoms. The number of alkyl halides is 2. The molecule has 1 atom stereocenters. The maximum atomic E-state index is 12.3. The van der Waals surface area contributed by atoms with Crippen molar-refractivity contribution in [2.75, 3.05) is 6.54 Å². The first-order valence-corrected chi connectivity index (χ1v) is 6.28. The van der Waals surface area contributed by atoms with Crippen molar-refractivity contribution in [2.24, 2.45) is 5.92 Å². The lowest BCUT2D eigenvalue weighted by atomic mass is 9.92. The Morgan fingerprint density at radius 1 is 1.40 bits per heavy atom. The second kappa shape index (κ2) is 6.65. The van der Waals surface area contributed by atoms with Gasteiger partial charge in [0.2, 0.25) is 0 Å². The summed E-state index contributed by atoms with van der Waals surface area (Å²) in [4.78, 5) is 12.0. The molecule has 0 spiro atoms. The second-order valence-electron chi connectivity index (χ2n) is 5.07. The fourth-order valence-electron chi connectivity index (χ4n) is 1.41. The minimum atomic E-state index is -3.00. The highest BCUT2D eigenvalue weighted by Crippen LogP contribution is 2.21. The largest absolute Gasteiger partial charge is 0.434 e. The van der Waals surface area contributed by atoms with Crippen molar-refractivity contribution in [3.05, 3.63) is 29.8 Å². The standard InChI is InChI=1S/C14H19F2NO3/c1-9(2)14(3,19)8-17-12(18)10-6-4-5-7-11(10)20-13(15)16/h4-7,9,13,19H,8H2,1-3H3,(H,17,18). The number of halogens is 2. The Kier molecular flexibility index (Phi) is 5.44. The number of aliphatic hydroxyl groups is 1. The molecule has 6 heteroatoms. The molecule has 1 aromatic carbocycles. The lowest BCUT2D eigenvalue weighted by Crippen LogP contribution is -2.44. The van der Waals surface area contributed by atoms with E-state index in [1.54, 1.807) is 13.0 Å². The zero-order chi connectivity index (χ0) is 15.3. The van der Waals surface area contributed by atoms with Gasteiger partial charge in [0, 0.05) is 6.54 Å². The molecule has 4 nitrogen and oxygen atoms in total. The monoisotopic (exact) mass is 287 g/mol. The summed E-state index contributed by atoms with van der Waals surface area (Å²) in [6.07, 6.45) is 0. The maximum absolute atomic E-state index is 12.3. The van der Waals surface area contributed by atoms with E-state index >= 15 is 0 Å². The lowest BCUT2D eigenvalue weighted by Gasteiger charge is -2.27. The number of hydrogen-bond acceptors (Lipinski definition) is 3. The van der Waals surface area contributed by atoms with Gasteiger partial charge in [-0.2, -0.15) is 8.78 Å². The molecule has 1 aromatic rings. The van der Waals surface area contributed by atoms with Crippen LogP contribution in [0, 0.1) is 5.92 Å². The van der Waals surface area contributed by atoms with Crippen molar-refractivity contribution >= 4 is 5.91 Å². The smallest absolute Gasteiger partial charge is 0.387 e. The van der Waals surface area contributed by atoms with Crippen molar-refractivity contribution < 1.29 is 23.4 Å². The molecule has 0 aliphatic carbocycles. The molecular formula is C14H19F2NO3. The predicted molar refractivity (Wildman–Crippen MR) is 70.9 cm³/mol. The average Bonchev–Trinajstić information content (AvgIpc) is 2.36. The van der Waals surface area contributed by atoms with E-state index in [1.165, 1.54) is 18.2 Å². The van der Waals surface area contributed by atoms with Gasteiger partial charge in [-0.15, -0.1) is 0 Å². The van der Waals surface area contributed by atoms with Gasteiger partial charge in [-0.3, -0.25) is 4.79 Å².